The smallest absolute Gasteiger partial charge is 0.462 e. The normalized spacial score (nSPS) is 12.8. The molecule has 0 unspecified atom stereocenters. The van der Waals surface area contributed by atoms with Crippen LogP contribution in [0.4, 0.5) is 0 Å². The van der Waals surface area contributed by atoms with Crippen molar-refractivity contribution in [3.63, 3.8) is 0 Å². The molecule has 1 atom stereocenters. The van der Waals surface area contributed by atoms with Gasteiger partial charge >= 0.3 is 19.8 Å². The molecule has 0 amide bonds. The zero-order valence-corrected chi connectivity index (χ0v) is 27.5. The minimum absolute atomic E-state index is 0.198. The van der Waals surface area contributed by atoms with E-state index in [1.165, 1.54) is 64.2 Å². The van der Waals surface area contributed by atoms with Crippen LogP contribution in [0.15, 0.2) is 24.3 Å². The van der Waals surface area contributed by atoms with E-state index in [1.54, 1.807) is 0 Å². The minimum atomic E-state index is -4.74. The van der Waals surface area contributed by atoms with Crippen molar-refractivity contribution in [2.24, 2.45) is 0 Å². The first-order valence-electron chi connectivity index (χ1n) is 16.6. The molecule has 0 aromatic rings. The number of esters is 2. The number of allylic oxidation sites excluding steroid dienone is 4. The summed E-state index contributed by atoms with van der Waals surface area (Å²) in [7, 11) is -4.74. The number of unbranched alkanes of at least 4 members (excludes halogenated alkanes) is 16. The van der Waals surface area contributed by atoms with Crippen molar-refractivity contribution < 1.29 is 37.9 Å². The topological polar surface area (TPSA) is 119 Å². The summed E-state index contributed by atoms with van der Waals surface area (Å²) in [5.41, 5.74) is 0. The fraction of sp³-hybridized carbons (Fsp3) is 0.818. The lowest BCUT2D eigenvalue weighted by Crippen LogP contribution is -2.29. The molecule has 0 aromatic heterocycles. The van der Waals surface area contributed by atoms with Gasteiger partial charge in [-0.2, -0.15) is 0 Å². The molecule has 0 aromatic carbocycles. The van der Waals surface area contributed by atoms with Crippen LogP contribution in [0.25, 0.3) is 0 Å². The van der Waals surface area contributed by atoms with Crippen molar-refractivity contribution in [2.75, 3.05) is 13.2 Å². The summed E-state index contributed by atoms with van der Waals surface area (Å²) in [4.78, 5) is 42.4. The highest BCUT2D eigenvalue weighted by molar-refractivity contribution is 7.46. The number of carbonyl (C=O) groups excluding carboxylic acids is 2. The summed E-state index contributed by atoms with van der Waals surface area (Å²) >= 11 is 0. The summed E-state index contributed by atoms with van der Waals surface area (Å²) < 4.78 is 26.1. The fourth-order valence-electron chi connectivity index (χ4n) is 4.46. The number of phosphoric acid groups is 1. The number of ether oxygens (including phenoxy) is 2. The summed E-state index contributed by atoms with van der Waals surface area (Å²) in [6, 6.07) is 0. The van der Waals surface area contributed by atoms with Crippen molar-refractivity contribution in [3.05, 3.63) is 24.3 Å². The molecule has 0 aliphatic carbocycles. The van der Waals surface area contributed by atoms with Gasteiger partial charge in [0.25, 0.3) is 0 Å². The zero-order valence-electron chi connectivity index (χ0n) is 26.6. The third-order valence-electron chi connectivity index (χ3n) is 6.97. The molecule has 0 spiro atoms. The van der Waals surface area contributed by atoms with Crippen molar-refractivity contribution >= 4 is 19.8 Å². The van der Waals surface area contributed by atoms with Crippen molar-refractivity contribution in [1.82, 2.24) is 0 Å². The number of rotatable bonds is 30. The minimum Gasteiger partial charge on any atom is -0.462 e. The lowest BCUT2D eigenvalue weighted by molar-refractivity contribution is -0.161. The predicted molar refractivity (Wildman–Crippen MR) is 170 cm³/mol. The third-order valence-corrected chi connectivity index (χ3v) is 7.46. The monoisotopic (exact) mass is 616 g/mol. The second-order valence-electron chi connectivity index (χ2n) is 11.1. The summed E-state index contributed by atoms with van der Waals surface area (Å²) in [5.74, 6) is -0.904. The average molecular weight is 617 g/mol. The number of carbonyl (C=O) groups is 2. The lowest BCUT2D eigenvalue weighted by Gasteiger charge is -2.18. The van der Waals surface area contributed by atoms with Crippen LogP contribution in [-0.2, 0) is 28.2 Å². The van der Waals surface area contributed by atoms with E-state index in [4.69, 9.17) is 19.3 Å². The molecule has 0 saturated carbocycles. The van der Waals surface area contributed by atoms with Gasteiger partial charge in [-0.25, -0.2) is 4.57 Å². The number of phosphoric ester groups is 1. The highest BCUT2D eigenvalue weighted by Gasteiger charge is 2.22. The first-order valence-corrected chi connectivity index (χ1v) is 18.2. The maximum atomic E-state index is 12.3. The lowest BCUT2D eigenvalue weighted by atomic mass is 10.1. The molecule has 0 fully saturated rings. The zero-order chi connectivity index (χ0) is 31.2. The quantitative estimate of drug-likeness (QED) is 0.0355. The largest absolute Gasteiger partial charge is 0.469 e. The summed E-state index contributed by atoms with van der Waals surface area (Å²) in [5, 5.41) is 0. The van der Waals surface area contributed by atoms with E-state index in [1.807, 2.05) is 0 Å². The standard InChI is InChI=1S/C33H61O8P/c1-3-5-7-9-11-13-14-15-16-17-18-20-22-24-26-28-33(35)41-31(30-40-42(36,37)38)29-39-32(34)27-25-23-21-19-12-10-8-6-4-2/h11,13,15-16,31H,3-10,12,14,17-30H2,1-2H3,(H2,36,37,38)/b13-11+,16-15+/t31-/m1/s1. The molecule has 0 radical (unpaired) electrons. The van der Waals surface area contributed by atoms with E-state index >= 15 is 0 Å². The Labute approximate surface area is 256 Å². The Morgan fingerprint density at radius 3 is 1.62 bits per heavy atom. The van der Waals surface area contributed by atoms with E-state index in [9.17, 15) is 14.2 Å². The van der Waals surface area contributed by atoms with Gasteiger partial charge in [0.1, 0.15) is 6.61 Å². The van der Waals surface area contributed by atoms with Gasteiger partial charge in [0.2, 0.25) is 0 Å². The van der Waals surface area contributed by atoms with Gasteiger partial charge in [-0.15, -0.1) is 0 Å². The Balaban J connectivity index is 4.04. The van der Waals surface area contributed by atoms with Crippen molar-refractivity contribution in [1.29, 1.82) is 0 Å². The van der Waals surface area contributed by atoms with E-state index in [0.717, 1.165) is 57.8 Å². The molecule has 42 heavy (non-hydrogen) atoms. The fourth-order valence-corrected chi connectivity index (χ4v) is 4.82. The van der Waals surface area contributed by atoms with Crippen molar-refractivity contribution in [2.45, 2.75) is 161 Å². The molecule has 0 rings (SSSR count). The van der Waals surface area contributed by atoms with Crippen LogP contribution in [0.1, 0.15) is 155 Å². The Morgan fingerprint density at radius 2 is 1.07 bits per heavy atom. The molecule has 0 saturated heterocycles. The second kappa shape index (κ2) is 29.6. The molecule has 0 aliphatic heterocycles. The molecule has 0 bridgehead atoms. The molecule has 9 heteroatoms. The second-order valence-corrected chi connectivity index (χ2v) is 12.4. The number of hydrogen-bond acceptors (Lipinski definition) is 6. The third kappa shape index (κ3) is 31.5. The molecule has 8 nitrogen and oxygen atoms in total. The average Bonchev–Trinajstić information content (AvgIpc) is 2.95. The van der Waals surface area contributed by atoms with Gasteiger partial charge in [-0.3, -0.25) is 14.1 Å². The highest BCUT2D eigenvalue weighted by atomic mass is 31.2. The maximum Gasteiger partial charge on any atom is 0.469 e. The predicted octanol–water partition coefficient (Wildman–Crippen LogP) is 9.29. The summed E-state index contributed by atoms with van der Waals surface area (Å²) in [6.07, 6.45) is 30.5. The van der Waals surface area contributed by atoms with Gasteiger partial charge in [-0.1, -0.05) is 122 Å². The van der Waals surface area contributed by atoms with Crippen LogP contribution in [0.3, 0.4) is 0 Å². The van der Waals surface area contributed by atoms with Gasteiger partial charge in [-0.05, 0) is 44.9 Å². The van der Waals surface area contributed by atoms with Gasteiger partial charge < -0.3 is 19.3 Å². The first kappa shape index (κ1) is 40.5. The molecule has 246 valence electrons. The molecule has 2 N–H and O–H groups in total. The van der Waals surface area contributed by atoms with Gasteiger partial charge in [0.15, 0.2) is 6.10 Å². The van der Waals surface area contributed by atoms with E-state index in [2.05, 4.69) is 42.7 Å². The van der Waals surface area contributed by atoms with Crippen LogP contribution in [0.2, 0.25) is 0 Å². The molecular weight excluding hydrogens is 555 g/mol. The molecule has 0 aliphatic rings. The van der Waals surface area contributed by atoms with Crippen LogP contribution in [-0.4, -0.2) is 41.0 Å². The Bertz CT molecular complexity index is 746. The van der Waals surface area contributed by atoms with Crippen LogP contribution in [0.5, 0.6) is 0 Å². The van der Waals surface area contributed by atoms with E-state index < -0.39 is 32.5 Å². The van der Waals surface area contributed by atoms with Crippen LogP contribution < -0.4 is 0 Å². The molecular formula is C33H61O8P. The van der Waals surface area contributed by atoms with Gasteiger partial charge in [0, 0.05) is 12.8 Å². The Kier molecular flexibility index (Phi) is 28.6. The van der Waals surface area contributed by atoms with Crippen LogP contribution >= 0.6 is 7.82 Å². The number of hydrogen-bond donors (Lipinski definition) is 2. The first-order chi connectivity index (χ1) is 20.3. The Morgan fingerprint density at radius 1 is 0.619 bits per heavy atom. The molecule has 0 heterocycles. The van der Waals surface area contributed by atoms with Crippen LogP contribution in [0, 0.1) is 0 Å². The van der Waals surface area contributed by atoms with E-state index in [0.29, 0.717) is 6.42 Å². The van der Waals surface area contributed by atoms with Crippen molar-refractivity contribution in [3.8, 4) is 0 Å². The van der Waals surface area contributed by atoms with E-state index in [-0.39, 0.29) is 19.4 Å². The SMILES string of the molecule is CCCCC/C=C/C/C=C/CCCCCCCC(=O)O[C@H](COC(=O)CCCCCCCCCCC)COP(=O)(O)O. The van der Waals surface area contributed by atoms with Gasteiger partial charge in [0.05, 0.1) is 6.61 Å². The summed E-state index contributed by atoms with van der Waals surface area (Å²) in [6.45, 7) is 3.60. The Hall–Kier alpha value is -1.47. The maximum absolute atomic E-state index is 12.3. The highest BCUT2D eigenvalue weighted by Crippen LogP contribution is 2.35.